The average Bonchev–Trinajstić information content (AvgIpc) is 3.33. The van der Waals surface area contributed by atoms with Gasteiger partial charge in [0.25, 0.3) is 5.91 Å². The van der Waals surface area contributed by atoms with Gasteiger partial charge in [0.05, 0.1) is 17.3 Å². The first kappa shape index (κ1) is 21.3. The Morgan fingerprint density at radius 3 is 2.58 bits per heavy atom. The van der Waals surface area contributed by atoms with Gasteiger partial charge < -0.3 is 15.4 Å². The highest BCUT2D eigenvalue weighted by Gasteiger charge is 2.39. The van der Waals surface area contributed by atoms with Crippen LogP contribution in [0.4, 0.5) is 5.69 Å². The van der Waals surface area contributed by atoms with Crippen LogP contribution in [0.25, 0.3) is 0 Å². The zero-order chi connectivity index (χ0) is 22.8. The number of hydrogen-bond acceptors (Lipinski definition) is 3. The van der Waals surface area contributed by atoms with E-state index in [4.69, 9.17) is 4.74 Å². The van der Waals surface area contributed by atoms with Crippen LogP contribution < -0.4 is 15.4 Å². The minimum absolute atomic E-state index is 0.0295. The third-order valence-corrected chi connectivity index (χ3v) is 6.55. The van der Waals surface area contributed by atoms with Crippen molar-refractivity contribution in [2.24, 2.45) is 5.92 Å². The Hall–Kier alpha value is -3.53. The smallest absolute Gasteiger partial charge is 0.253 e. The largest absolute Gasteiger partial charge is 0.489 e. The van der Waals surface area contributed by atoms with Crippen molar-refractivity contribution >= 4 is 11.6 Å². The maximum absolute atomic E-state index is 12.9. The number of amides is 1. The Kier molecular flexibility index (Phi) is 5.91. The predicted octanol–water partition coefficient (Wildman–Crippen LogP) is 6.23. The highest BCUT2D eigenvalue weighted by atomic mass is 16.5. The van der Waals surface area contributed by atoms with Crippen molar-refractivity contribution in [3.63, 3.8) is 0 Å². The SMILES string of the molecule is CC(C)NC(=O)c1cccc2c1NC(c1ccc(OCc3ccccc3)cc1)C1CC=CC21. The van der Waals surface area contributed by atoms with Gasteiger partial charge in [0.2, 0.25) is 0 Å². The molecule has 2 N–H and O–H groups in total. The fraction of sp³-hybridized carbons (Fsp3) is 0.276. The fourth-order valence-electron chi connectivity index (χ4n) is 4.99. The van der Waals surface area contributed by atoms with Crippen molar-refractivity contribution in [2.75, 3.05) is 5.32 Å². The third-order valence-electron chi connectivity index (χ3n) is 6.55. The Morgan fingerprint density at radius 2 is 1.82 bits per heavy atom. The van der Waals surface area contributed by atoms with E-state index in [0.717, 1.165) is 23.4 Å². The molecule has 3 atom stereocenters. The summed E-state index contributed by atoms with van der Waals surface area (Å²) in [6.07, 6.45) is 5.60. The minimum Gasteiger partial charge on any atom is -0.489 e. The lowest BCUT2D eigenvalue weighted by atomic mass is 9.76. The summed E-state index contributed by atoms with van der Waals surface area (Å²) in [6, 6.07) is 24.9. The number of rotatable bonds is 6. The Morgan fingerprint density at radius 1 is 1.03 bits per heavy atom. The van der Waals surface area contributed by atoms with Gasteiger partial charge in [-0.15, -0.1) is 0 Å². The molecule has 33 heavy (non-hydrogen) atoms. The van der Waals surface area contributed by atoms with Gasteiger partial charge in [0.1, 0.15) is 12.4 Å². The Balaban J connectivity index is 1.39. The molecule has 1 aliphatic carbocycles. The maximum Gasteiger partial charge on any atom is 0.253 e. The second-order valence-electron chi connectivity index (χ2n) is 9.22. The normalized spacial score (nSPS) is 20.6. The summed E-state index contributed by atoms with van der Waals surface area (Å²) in [7, 11) is 0. The summed E-state index contributed by atoms with van der Waals surface area (Å²) in [5, 5.41) is 6.79. The number of carbonyl (C=O) groups is 1. The van der Waals surface area contributed by atoms with Crippen LogP contribution in [0.3, 0.4) is 0 Å². The molecule has 0 aromatic heterocycles. The zero-order valence-electron chi connectivity index (χ0n) is 19.1. The van der Waals surface area contributed by atoms with Crippen molar-refractivity contribution in [2.45, 2.75) is 44.9 Å². The van der Waals surface area contributed by atoms with Crippen molar-refractivity contribution in [1.29, 1.82) is 0 Å². The number of fused-ring (bicyclic) bond motifs is 3. The third kappa shape index (κ3) is 4.38. The minimum atomic E-state index is -0.0295. The van der Waals surface area contributed by atoms with E-state index in [1.165, 1.54) is 11.1 Å². The number of ether oxygens (including phenoxy) is 1. The molecule has 0 spiro atoms. The van der Waals surface area contributed by atoms with Gasteiger partial charge in [0.15, 0.2) is 0 Å². The molecule has 4 heteroatoms. The second kappa shape index (κ2) is 9.14. The quantitative estimate of drug-likeness (QED) is 0.449. The summed E-state index contributed by atoms with van der Waals surface area (Å²) in [5.41, 5.74) is 5.25. The fourth-order valence-corrected chi connectivity index (χ4v) is 4.99. The second-order valence-corrected chi connectivity index (χ2v) is 9.22. The van der Waals surface area contributed by atoms with Crippen molar-refractivity contribution in [3.8, 4) is 5.75 Å². The van der Waals surface area contributed by atoms with E-state index < -0.39 is 0 Å². The topological polar surface area (TPSA) is 50.4 Å². The van der Waals surface area contributed by atoms with Gasteiger partial charge in [0, 0.05) is 12.0 Å². The molecule has 5 rings (SSSR count). The van der Waals surface area contributed by atoms with E-state index >= 15 is 0 Å². The number of para-hydroxylation sites is 1. The van der Waals surface area contributed by atoms with Crippen molar-refractivity contribution in [1.82, 2.24) is 5.32 Å². The lowest BCUT2D eigenvalue weighted by Crippen LogP contribution is -2.34. The molecule has 3 aromatic carbocycles. The lowest BCUT2D eigenvalue weighted by molar-refractivity contribution is 0.0943. The number of hydrogen-bond donors (Lipinski definition) is 2. The Labute approximate surface area is 195 Å². The molecule has 4 nitrogen and oxygen atoms in total. The van der Waals surface area contributed by atoms with E-state index in [1.54, 1.807) is 0 Å². The number of benzene rings is 3. The van der Waals surface area contributed by atoms with Crippen LogP contribution in [-0.4, -0.2) is 11.9 Å². The first-order chi connectivity index (χ1) is 16.1. The molecule has 168 valence electrons. The van der Waals surface area contributed by atoms with E-state index in [2.05, 4.69) is 53.1 Å². The van der Waals surface area contributed by atoms with Crippen molar-refractivity contribution < 1.29 is 9.53 Å². The number of nitrogens with one attached hydrogen (secondary N) is 2. The first-order valence-electron chi connectivity index (χ1n) is 11.7. The molecule has 3 unspecified atom stereocenters. The van der Waals surface area contributed by atoms with Crippen LogP contribution in [0.2, 0.25) is 0 Å². The van der Waals surface area contributed by atoms with Crippen LogP contribution in [-0.2, 0) is 6.61 Å². The summed E-state index contributed by atoms with van der Waals surface area (Å²) >= 11 is 0. The summed E-state index contributed by atoms with van der Waals surface area (Å²) in [5.74, 6) is 1.57. The molecule has 1 aliphatic heterocycles. The summed E-state index contributed by atoms with van der Waals surface area (Å²) in [6.45, 7) is 4.53. The van der Waals surface area contributed by atoms with Crippen LogP contribution in [0.1, 0.15) is 59.3 Å². The molecule has 0 radical (unpaired) electrons. The lowest BCUT2D eigenvalue weighted by Gasteiger charge is -2.38. The molecule has 0 saturated carbocycles. The van der Waals surface area contributed by atoms with Crippen LogP contribution in [0.5, 0.6) is 5.75 Å². The standard InChI is InChI=1S/C29H30N2O2/c1-19(2)30-29(32)26-13-7-12-25-23-10-6-11-24(23)27(31-28(25)26)21-14-16-22(17-15-21)33-18-20-8-4-3-5-9-20/h3-10,12-17,19,23-24,27,31H,11,18H2,1-2H3,(H,30,32). The highest BCUT2D eigenvalue weighted by molar-refractivity contribution is 6.01. The molecule has 0 bridgehead atoms. The zero-order valence-corrected chi connectivity index (χ0v) is 19.1. The molecule has 1 heterocycles. The monoisotopic (exact) mass is 438 g/mol. The molecule has 1 amide bonds. The molecule has 0 saturated heterocycles. The van der Waals surface area contributed by atoms with E-state index in [1.807, 2.05) is 56.3 Å². The Bertz CT molecular complexity index is 1150. The van der Waals surface area contributed by atoms with E-state index in [-0.39, 0.29) is 18.0 Å². The van der Waals surface area contributed by atoms with Gasteiger partial charge in [-0.25, -0.2) is 0 Å². The molecular formula is C29H30N2O2. The molecule has 2 aliphatic rings. The van der Waals surface area contributed by atoms with Gasteiger partial charge in [-0.2, -0.15) is 0 Å². The van der Waals surface area contributed by atoms with Gasteiger partial charge >= 0.3 is 0 Å². The number of allylic oxidation sites excluding steroid dienone is 2. The molecular weight excluding hydrogens is 408 g/mol. The molecule has 3 aromatic rings. The van der Waals surface area contributed by atoms with Gasteiger partial charge in [-0.1, -0.05) is 66.7 Å². The maximum atomic E-state index is 12.9. The first-order valence-corrected chi connectivity index (χ1v) is 11.7. The average molecular weight is 439 g/mol. The van der Waals surface area contributed by atoms with Crippen LogP contribution >= 0.6 is 0 Å². The number of carbonyl (C=O) groups excluding carboxylic acids is 1. The highest BCUT2D eigenvalue weighted by Crippen LogP contribution is 2.50. The van der Waals surface area contributed by atoms with Crippen LogP contribution in [0, 0.1) is 5.92 Å². The number of anilines is 1. The van der Waals surface area contributed by atoms with E-state index in [0.29, 0.717) is 24.0 Å². The van der Waals surface area contributed by atoms with Gasteiger partial charge in [-0.05, 0) is 61.1 Å². The van der Waals surface area contributed by atoms with Crippen LogP contribution in [0.15, 0.2) is 84.9 Å². The predicted molar refractivity (Wildman–Crippen MR) is 133 cm³/mol. The van der Waals surface area contributed by atoms with E-state index in [9.17, 15) is 4.79 Å². The van der Waals surface area contributed by atoms with Crippen molar-refractivity contribution in [3.05, 3.63) is 107 Å². The van der Waals surface area contributed by atoms with Gasteiger partial charge in [-0.3, -0.25) is 4.79 Å². The molecule has 0 fully saturated rings. The summed E-state index contributed by atoms with van der Waals surface area (Å²) in [4.78, 5) is 12.9. The summed E-state index contributed by atoms with van der Waals surface area (Å²) < 4.78 is 5.98.